The number of halogens is 1. The number of likely N-dealkylation sites (N-methyl/N-ethyl adjacent to an activating group) is 1. The summed E-state index contributed by atoms with van der Waals surface area (Å²) in [7, 11) is 2.07. The predicted molar refractivity (Wildman–Crippen MR) is 107 cm³/mol. The van der Waals surface area contributed by atoms with Crippen LogP contribution < -0.4 is 10.2 Å². The fourth-order valence-corrected chi connectivity index (χ4v) is 3.40. The summed E-state index contributed by atoms with van der Waals surface area (Å²) in [6, 6.07) is 8.09. The monoisotopic (exact) mass is 389 g/mol. The highest BCUT2D eigenvalue weighted by molar-refractivity contribution is 5.95. The molecule has 0 radical (unpaired) electrons. The molecule has 0 bridgehead atoms. The highest BCUT2D eigenvalue weighted by Crippen LogP contribution is 2.22. The molecule has 1 N–H and O–H groups in total. The first kappa shape index (κ1) is 19.5. The van der Waals surface area contributed by atoms with Crippen molar-refractivity contribution in [1.29, 1.82) is 0 Å². The largest absolute Gasteiger partial charge is 0.335 e. The van der Waals surface area contributed by atoms with Gasteiger partial charge in [0, 0.05) is 44.4 Å². The summed E-state index contributed by atoms with van der Waals surface area (Å²) >= 11 is 0. The molecule has 144 valence electrons. The molecule has 1 unspecified atom stereocenters. The standard InChI is InChI=1S/C19H23N5O2.ClH/c1-23-12-10-20-13-16(23)19-21-17(26-22-19)9-6-14-4-7-15(8-5-14)24-11-2-3-18(24)25;/h4-9,16,20H,2-3,10-13H2,1H3;1H/b9-6+;. The Labute approximate surface area is 164 Å². The quantitative estimate of drug-likeness (QED) is 0.865. The van der Waals surface area contributed by atoms with Crippen molar-refractivity contribution in [3.8, 4) is 0 Å². The first-order chi connectivity index (χ1) is 12.7. The van der Waals surface area contributed by atoms with Gasteiger partial charge in [-0.1, -0.05) is 17.3 Å². The van der Waals surface area contributed by atoms with Crippen LogP contribution in [0.2, 0.25) is 0 Å². The van der Waals surface area contributed by atoms with Crippen molar-refractivity contribution in [2.45, 2.75) is 18.9 Å². The van der Waals surface area contributed by atoms with Gasteiger partial charge in [0.1, 0.15) is 0 Å². The highest BCUT2D eigenvalue weighted by Gasteiger charge is 2.25. The number of hydrogen-bond acceptors (Lipinski definition) is 6. The van der Waals surface area contributed by atoms with Crippen molar-refractivity contribution in [3.05, 3.63) is 41.5 Å². The van der Waals surface area contributed by atoms with E-state index in [0.29, 0.717) is 18.1 Å². The fourth-order valence-electron chi connectivity index (χ4n) is 3.40. The van der Waals surface area contributed by atoms with E-state index >= 15 is 0 Å². The number of rotatable bonds is 4. The van der Waals surface area contributed by atoms with Crippen molar-refractivity contribution < 1.29 is 9.32 Å². The summed E-state index contributed by atoms with van der Waals surface area (Å²) < 4.78 is 5.35. The Morgan fingerprint density at radius 3 is 2.74 bits per heavy atom. The second-order valence-corrected chi connectivity index (χ2v) is 6.77. The minimum atomic E-state index is 0. The minimum Gasteiger partial charge on any atom is -0.335 e. The van der Waals surface area contributed by atoms with Crippen molar-refractivity contribution >= 4 is 36.2 Å². The lowest BCUT2D eigenvalue weighted by Gasteiger charge is -2.30. The van der Waals surface area contributed by atoms with Crippen molar-refractivity contribution in [2.75, 3.05) is 38.1 Å². The smallest absolute Gasteiger partial charge is 0.250 e. The van der Waals surface area contributed by atoms with Crippen LogP contribution in [-0.4, -0.2) is 54.2 Å². The van der Waals surface area contributed by atoms with Crippen molar-refractivity contribution in [2.24, 2.45) is 0 Å². The molecule has 2 aliphatic heterocycles. The van der Waals surface area contributed by atoms with E-state index in [4.69, 9.17) is 4.52 Å². The molecular weight excluding hydrogens is 366 g/mol. The Hall–Kier alpha value is -2.22. The first-order valence-electron chi connectivity index (χ1n) is 9.04. The highest BCUT2D eigenvalue weighted by atomic mass is 35.5. The van der Waals surface area contributed by atoms with Gasteiger partial charge in [0.05, 0.1) is 6.04 Å². The molecule has 27 heavy (non-hydrogen) atoms. The maximum atomic E-state index is 11.8. The summed E-state index contributed by atoms with van der Waals surface area (Å²) in [5.41, 5.74) is 1.98. The van der Waals surface area contributed by atoms with Crippen LogP contribution in [0.15, 0.2) is 28.8 Å². The maximum absolute atomic E-state index is 11.8. The van der Waals surface area contributed by atoms with Crippen LogP contribution in [0.25, 0.3) is 12.2 Å². The SMILES string of the molecule is CN1CCNCC1c1noc(/C=C/c2ccc(N3CCCC3=O)cc2)n1.Cl. The lowest BCUT2D eigenvalue weighted by molar-refractivity contribution is -0.117. The van der Waals surface area contributed by atoms with Gasteiger partial charge in [-0.3, -0.25) is 9.69 Å². The van der Waals surface area contributed by atoms with Crippen LogP contribution >= 0.6 is 12.4 Å². The molecule has 1 aromatic heterocycles. The summed E-state index contributed by atoms with van der Waals surface area (Å²) in [6.07, 6.45) is 5.34. The Balaban J connectivity index is 0.00000210. The number of amides is 1. The van der Waals surface area contributed by atoms with Gasteiger partial charge < -0.3 is 14.7 Å². The predicted octanol–water partition coefficient (Wildman–Crippen LogP) is 2.36. The van der Waals surface area contributed by atoms with Crippen molar-refractivity contribution in [1.82, 2.24) is 20.4 Å². The fraction of sp³-hybridized carbons (Fsp3) is 0.421. The summed E-state index contributed by atoms with van der Waals surface area (Å²) in [6.45, 7) is 3.59. The van der Waals surface area contributed by atoms with E-state index in [1.54, 1.807) is 0 Å². The molecule has 7 nitrogen and oxygen atoms in total. The van der Waals surface area contributed by atoms with Gasteiger partial charge in [0.15, 0.2) is 5.82 Å². The van der Waals surface area contributed by atoms with E-state index in [0.717, 1.165) is 43.9 Å². The third kappa shape index (κ3) is 4.37. The van der Waals surface area contributed by atoms with E-state index < -0.39 is 0 Å². The molecular formula is C19H24ClN5O2. The summed E-state index contributed by atoms with van der Waals surface area (Å²) in [5, 5.41) is 7.47. The Morgan fingerprint density at radius 2 is 2.04 bits per heavy atom. The number of benzene rings is 1. The number of carbonyl (C=O) groups excluding carboxylic acids is 1. The van der Waals surface area contributed by atoms with Crippen LogP contribution in [-0.2, 0) is 4.79 Å². The van der Waals surface area contributed by atoms with Gasteiger partial charge in [-0.05, 0) is 37.2 Å². The van der Waals surface area contributed by atoms with E-state index in [2.05, 4.69) is 27.4 Å². The molecule has 0 saturated carbocycles. The Bertz CT molecular complexity index is 805. The molecule has 1 aromatic carbocycles. The molecule has 2 aromatic rings. The normalized spacial score (nSPS) is 21.0. The lowest BCUT2D eigenvalue weighted by atomic mass is 10.2. The molecule has 2 aliphatic rings. The van der Waals surface area contributed by atoms with Gasteiger partial charge in [-0.15, -0.1) is 12.4 Å². The minimum absolute atomic E-state index is 0. The number of nitrogens with zero attached hydrogens (tertiary/aromatic N) is 4. The Kier molecular flexibility index (Phi) is 6.26. The molecule has 1 amide bonds. The van der Waals surface area contributed by atoms with Crippen molar-refractivity contribution in [3.63, 3.8) is 0 Å². The van der Waals surface area contributed by atoms with E-state index in [1.165, 1.54) is 0 Å². The number of carbonyl (C=O) groups is 1. The number of anilines is 1. The second kappa shape index (κ2) is 8.65. The zero-order valence-corrected chi connectivity index (χ0v) is 16.1. The second-order valence-electron chi connectivity index (χ2n) is 6.77. The van der Waals surface area contributed by atoms with E-state index in [9.17, 15) is 4.79 Å². The Morgan fingerprint density at radius 1 is 1.22 bits per heavy atom. The average Bonchev–Trinajstić information content (AvgIpc) is 3.30. The number of nitrogens with one attached hydrogen (secondary N) is 1. The third-order valence-corrected chi connectivity index (χ3v) is 4.96. The molecule has 3 heterocycles. The van der Waals surface area contributed by atoms with E-state index in [1.807, 2.05) is 41.3 Å². The molecule has 2 saturated heterocycles. The van der Waals surface area contributed by atoms with Gasteiger partial charge in [0.2, 0.25) is 5.91 Å². The average molecular weight is 390 g/mol. The molecule has 2 fully saturated rings. The topological polar surface area (TPSA) is 74.5 Å². The van der Waals surface area contributed by atoms with Crippen LogP contribution in [0.4, 0.5) is 5.69 Å². The van der Waals surface area contributed by atoms with Crippen LogP contribution in [0.1, 0.15) is 36.2 Å². The number of hydrogen-bond donors (Lipinski definition) is 1. The number of aromatic nitrogens is 2. The molecule has 8 heteroatoms. The molecule has 1 atom stereocenters. The van der Waals surface area contributed by atoms with Crippen LogP contribution in [0.5, 0.6) is 0 Å². The van der Waals surface area contributed by atoms with E-state index in [-0.39, 0.29) is 24.4 Å². The lowest BCUT2D eigenvalue weighted by Crippen LogP contribution is -2.44. The van der Waals surface area contributed by atoms with Crippen LogP contribution in [0, 0.1) is 0 Å². The number of piperazine rings is 1. The zero-order chi connectivity index (χ0) is 17.9. The third-order valence-electron chi connectivity index (χ3n) is 4.96. The zero-order valence-electron chi connectivity index (χ0n) is 15.3. The molecule has 4 rings (SSSR count). The maximum Gasteiger partial charge on any atom is 0.250 e. The van der Waals surface area contributed by atoms with Gasteiger partial charge in [-0.25, -0.2) is 0 Å². The van der Waals surface area contributed by atoms with Gasteiger partial charge >= 0.3 is 0 Å². The molecule has 0 spiro atoms. The summed E-state index contributed by atoms with van der Waals surface area (Å²) in [5.74, 6) is 1.41. The molecule has 0 aliphatic carbocycles. The first-order valence-corrected chi connectivity index (χ1v) is 9.04. The summed E-state index contributed by atoms with van der Waals surface area (Å²) in [4.78, 5) is 20.4. The van der Waals surface area contributed by atoms with Crippen LogP contribution in [0.3, 0.4) is 0 Å². The van der Waals surface area contributed by atoms with Gasteiger partial charge in [-0.2, -0.15) is 4.98 Å². The van der Waals surface area contributed by atoms with Gasteiger partial charge in [0.25, 0.3) is 5.89 Å².